The lowest BCUT2D eigenvalue weighted by Gasteiger charge is -2.12. The number of fused-ring (bicyclic) bond motifs is 1. The molecule has 0 unspecified atom stereocenters. The maximum absolute atomic E-state index is 12.1. The molecule has 0 aliphatic heterocycles. The summed E-state index contributed by atoms with van der Waals surface area (Å²) in [5, 5.41) is 15.1. The molecule has 1 atom stereocenters. The van der Waals surface area contributed by atoms with Crippen molar-refractivity contribution in [2.75, 3.05) is 11.9 Å². The van der Waals surface area contributed by atoms with Crippen LogP contribution < -0.4 is 15.4 Å². The zero-order valence-electron chi connectivity index (χ0n) is 13.7. The zero-order chi connectivity index (χ0) is 17.6. The third kappa shape index (κ3) is 4.09. The van der Waals surface area contributed by atoms with E-state index in [-0.39, 0.29) is 18.7 Å². The Hall–Kier alpha value is -3.46. The first kappa shape index (κ1) is 16.4. The normalized spacial score (nSPS) is 11.5. The maximum Gasteiger partial charge on any atom is 0.319 e. The predicted octanol–water partition coefficient (Wildman–Crippen LogP) is 4.22. The minimum absolute atomic E-state index is 0.0116. The molecule has 2 aromatic carbocycles. The van der Waals surface area contributed by atoms with E-state index in [1.807, 2.05) is 43.3 Å². The average Bonchev–Trinajstić information content (AvgIpc) is 3.05. The smallest absolute Gasteiger partial charge is 0.319 e. The van der Waals surface area contributed by atoms with Gasteiger partial charge in [-0.25, -0.2) is 4.79 Å². The van der Waals surface area contributed by atoms with E-state index in [0.717, 1.165) is 11.0 Å². The first-order valence-electron chi connectivity index (χ1n) is 7.81. The lowest BCUT2D eigenvalue weighted by Crippen LogP contribution is -2.30. The summed E-state index contributed by atoms with van der Waals surface area (Å²) < 4.78 is 10.9. The molecular weight excluding hydrogens is 318 g/mol. The summed E-state index contributed by atoms with van der Waals surface area (Å²) in [5.74, 6) is 1.26. The van der Waals surface area contributed by atoms with Gasteiger partial charge >= 0.3 is 6.03 Å². The van der Waals surface area contributed by atoms with Crippen molar-refractivity contribution in [3.63, 3.8) is 0 Å². The number of hydrogen-bond donors (Lipinski definition) is 2. The Morgan fingerprint density at radius 1 is 1.24 bits per heavy atom. The fourth-order valence-electron chi connectivity index (χ4n) is 2.40. The lowest BCUT2D eigenvalue weighted by atomic mass is 10.2. The van der Waals surface area contributed by atoms with Crippen molar-refractivity contribution in [3.8, 4) is 11.8 Å². The van der Waals surface area contributed by atoms with Crippen molar-refractivity contribution >= 4 is 22.7 Å². The summed E-state index contributed by atoms with van der Waals surface area (Å²) in [7, 11) is 0. The number of para-hydroxylation sites is 1. The molecule has 2 amide bonds. The van der Waals surface area contributed by atoms with Gasteiger partial charge in [-0.3, -0.25) is 0 Å². The van der Waals surface area contributed by atoms with Crippen LogP contribution >= 0.6 is 0 Å². The Kier molecular flexibility index (Phi) is 4.86. The number of rotatable bonds is 5. The molecule has 0 saturated carbocycles. The highest BCUT2D eigenvalue weighted by atomic mass is 16.5. The van der Waals surface area contributed by atoms with Gasteiger partial charge in [0.25, 0.3) is 0 Å². The molecule has 1 aromatic heterocycles. The van der Waals surface area contributed by atoms with Gasteiger partial charge in [0, 0.05) is 11.1 Å². The van der Waals surface area contributed by atoms with E-state index in [1.54, 1.807) is 24.3 Å². The minimum atomic E-state index is -0.335. The van der Waals surface area contributed by atoms with E-state index in [4.69, 9.17) is 14.4 Å². The molecule has 0 fully saturated rings. The van der Waals surface area contributed by atoms with Gasteiger partial charge in [0.05, 0.1) is 6.04 Å². The van der Waals surface area contributed by atoms with Crippen molar-refractivity contribution < 1.29 is 13.9 Å². The molecule has 0 bridgehead atoms. The SMILES string of the molecule is C[C@@H](NC(=O)Nc1ccc(OCC#N)cc1)c1cc2ccccc2o1. The molecular formula is C19H17N3O3. The maximum atomic E-state index is 12.1. The van der Waals surface area contributed by atoms with Crippen molar-refractivity contribution in [1.82, 2.24) is 5.32 Å². The Bertz CT molecular complexity index is 877. The van der Waals surface area contributed by atoms with E-state index in [9.17, 15) is 4.79 Å². The van der Waals surface area contributed by atoms with E-state index in [1.165, 1.54) is 0 Å². The molecule has 0 spiro atoms. The molecule has 3 aromatic rings. The van der Waals surface area contributed by atoms with Crippen LogP contribution in [0.5, 0.6) is 5.75 Å². The number of urea groups is 1. The Morgan fingerprint density at radius 2 is 2.00 bits per heavy atom. The number of carbonyl (C=O) groups excluding carboxylic acids is 1. The molecule has 0 saturated heterocycles. The second kappa shape index (κ2) is 7.41. The molecule has 25 heavy (non-hydrogen) atoms. The van der Waals surface area contributed by atoms with Crippen LogP contribution in [0.3, 0.4) is 0 Å². The van der Waals surface area contributed by atoms with Crippen molar-refractivity contribution in [2.45, 2.75) is 13.0 Å². The van der Waals surface area contributed by atoms with Gasteiger partial charge in [-0.05, 0) is 43.3 Å². The van der Waals surface area contributed by atoms with E-state index in [2.05, 4.69) is 10.6 Å². The summed E-state index contributed by atoms with van der Waals surface area (Å²) in [6.45, 7) is 1.85. The van der Waals surface area contributed by atoms with Crippen molar-refractivity contribution in [1.29, 1.82) is 5.26 Å². The Balaban J connectivity index is 1.59. The Labute approximate surface area is 145 Å². The van der Waals surface area contributed by atoms with Crippen molar-refractivity contribution in [2.24, 2.45) is 0 Å². The lowest BCUT2D eigenvalue weighted by molar-refractivity contribution is 0.248. The van der Waals surface area contributed by atoms with Gasteiger partial charge in [0.15, 0.2) is 6.61 Å². The molecule has 0 aliphatic rings. The highest BCUT2D eigenvalue weighted by molar-refractivity contribution is 5.89. The number of nitrogens with one attached hydrogen (secondary N) is 2. The van der Waals surface area contributed by atoms with Gasteiger partial charge in [-0.1, -0.05) is 18.2 Å². The predicted molar refractivity (Wildman–Crippen MR) is 94.3 cm³/mol. The number of furan rings is 1. The van der Waals surface area contributed by atoms with E-state index < -0.39 is 0 Å². The number of nitrogens with zero attached hydrogens (tertiary/aromatic N) is 1. The highest BCUT2D eigenvalue weighted by Crippen LogP contribution is 2.23. The summed E-state index contributed by atoms with van der Waals surface area (Å²) in [4.78, 5) is 12.1. The average molecular weight is 335 g/mol. The van der Waals surface area contributed by atoms with Crippen LogP contribution in [0.4, 0.5) is 10.5 Å². The fourth-order valence-corrected chi connectivity index (χ4v) is 2.40. The largest absolute Gasteiger partial charge is 0.479 e. The van der Waals surface area contributed by atoms with Crippen LogP contribution in [0.1, 0.15) is 18.7 Å². The number of benzene rings is 2. The van der Waals surface area contributed by atoms with Crippen molar-refractivity contribution in [3.05, 3.63) is 60.4 Å². The summed E-state index contributed by atoms with van der Waals surface area (Å²) in [6, 6.07) is 17.7. The molecule has 3 rings (SSSR count). The summed E-state index contributed by atoms with van der Waals surface area (Å²) in [6.07, 6.45) is 0. The van der Waals surface area contributed by atoms with Gasteiger partial charge in [-0.2, -0.15) is 5.26 Å². The third-order valence-electron chi connectivity index (χ3n) is 3.63. The van der Waals surface area contributed by atoms with Crippen LogP contribution in [-0.4, -0.2) is 12.6 Å². The van der Waals surface area contributed by atoms with Crippen LogP contribution in [0, 0.1) is 11.3 Å². The van der Waals surface area contributed by atoms with Gasteiger partial charge in [0.1, 0.15) is 23.2 Å². The minimum Gasteiger partial charge on any atom is -0.479 e. The second-order valence-corrected chi connectivity index (χ2v) is 5.48. The van der Waals surface area contributed by atoms with Gasteiger partial charge in [-0.15, -0.1) is 0 Å². The van der Waals surface area contributed by atoms with Gasteiger partial charge in [0.2, 0.25) is 0 Å². The standard InChI is InChI=1S/C19H17N3O3/c1-13(18-12-14-4-2-3-5-17(14)25-18)21-19(23)22-15-6-8-16(9-7-15)24-11-10-20/h2-9,12-13H,11H2,1H3,(H2,21,22,23)/t13-/m1/s1. The highest BCUT2D eigenvalue weighted by Gasteiger charge is 2.14. The molecule has 0 aliphatic carbocycles. The second-order valence-electron chi connectivity index (χ2n) is 5.48. The zero-order valence-corrected chi connectivity index (χ0v) is 13.7. The molecule has 2 N–H and O–H groups in total. The molecule has 126 valence electrons. The van der Waals surface area contributed by atoms with E-state index in [0.29, 0.717) is 17.2 Å². The molecule has 6 nitrogen and oxygen atoms in total. The number of amides is 2. The summed E-state index contributed by atoms with van der Waals surface area (Å²) >= 11 is 0. The number of hydrogen-bond acceptors (Lipinski definition) is 4. The number of ether oxygens (including phenoxy) is 1. The summed E-state index contributed by atoms with van der Waals surface area (Å²) in [5.41, 5.74) is 1.41. The number of carbonyl (C=O) groups is 1. The number of nitriles is 1. The fraction of sp³-hybridized carbons (Fsp3) is 0.158. The Morgan fingerprint density at radius 3 is 2.72 bits per heavy atom. The molecule has 0 radical (unpaired) electrons. The third-order valence-corrected chi connectivity index (χ3v) is 3.63. The quantitative estimate of drug-likeness (QED) is 0.731. The van der Waals surface area contributed by atoms with Crippen LogP contribution in [0.15, 0.2) is 59.0 Å². The first-order chi connectivity index (χ1) is 12.2. The molecule has 6 heteroatoms. The van der Waals surface area contributed by atoms with Crippen LogP contribution in [0.25, 0.3) is 11.0 Å². The van der Waals surface area contributed by atoms with Crippen LogP contribution in [0.2, 0.25) is 0 Å². The first-order valence-corrected chi connectivity index (χ1v) is 7.81. The van der Waals surface area contributed by atoms with Gasteiger partial charge < -0.3 is 19.8 Å². The molecule has 1 heterocycles. The van der Waals surface area contributed by atoms with Crippen LogP contribution in [-0.2, 0) is 0 Å². The number of anilines is 1. The monoisotopic (exact) mass is 335 g/mol. The van der Waals surface area contributed by atoms with E-state index >= 15 is 0 Å². The topological polar surface area (TPSA) is 87.3 Å².